The zero-order valence-corrected chi connectivity index (χ0v) is 14.3. The van der Waals surface area contributed by atoms with Crippen molar-refractivity contribution in [2.75, 3.05) is 0 Å². The minimum atomic E-state index is -0.453. The average molecular weight is 340 g/mol. The quantitative estimate of drug-likeness (QED) is 0.781. The monoisotopic (exact) mass is 339 g/mol. The SMILES string of the molecule is Cc1c(C(N)=O)c(-c2ccccc2Cl)c(C)n1Cc1ccccn1. The van der Waals surface area contributed by atoms with E-state index >= 15 is 0 Å². The lowest BCUT2D eigenvalue weighted by atomic mass is 10.00. The van der Waals surface area contributed by atoms with Crippen molar-refractivity contribution in [1.82, 2.24) is 9.55 Å². The second-order valence-electron chi connectivity index (χ2n) is 5.67. The number of nitrogens with two attached hydrogens (primary N) is 1. The van der Waals surface area contributed by atoms with Gasteiger partial charge < -0.3 is 10.3 Å². The van der Waals surface area contributed by atoms with Gasteiger partial charge in [-0.05, 0) is 32.0 Å². The molecular weight excluding hydrogens is 322 g/mol. The molecule has 0 saturated heterocycles. The molecule has 5 heteroatoms. The van der Waals surface area contributed by atoms with Crippen molar-refractivity contribution in [3.05, 3.63) is 76.3 Å². The Morgan fingerprint density at radius 3 is 2.46 bits per heavy atom. The maximum absolute atomic E-state index is 12.1. The van der Waals surface area contributed by atoms with E-state index in [1.54, 1.807) is 6.20 Å². The van der Waals surface area contributed by atoms with Crippen molar-refractivity contribution in [1.29, 1.82) is 0 Å². The van der Waals surface area contributed by atoms with Crippen molar-refractivity contribution in [3.63, 3.8) is 0 Å². The smallest absolute Gasteiger partial charge is 0.251 e. The largest absolute Gasteiger partial charge is 0.366 e. The molecule has 0 aliphatic rings. The Hall–Kier alpha value is -2.59. The maximum Gasteiger partial charge on any atom is 0.251 e. The van der Waals surface area contributed by atoms with E-state index in [-0.39, 0.29) is 0 Å². The van der Waals surface area contributed by atoms with Crippen LogP contribution in [-0.2, 0) is 6.54 Å². The number of hydrogen-bond acceptors (Lipinski definition) is 2. The molecule has 0 bridgehead atoms. The van der Waals surface area contributed by atoms with Gasteiger partial charge in [0.25, 0.3) is 5.91 Å². The second-order valence-corrected chi connectivity index (χ2v) is 6.08. The van der Waals surface area contributed by atoms with Crippen LogP contribution in [0.5, 0.6) is 0 Å². The van der Waals surface area contributed by atoms with Crippen LogP contribution in [0, 0.1) is 13.8 Å². The van der Waals surface area contributed by atoms with E-state index in [0.717, 1.165) is 28.2 Å². The molecule has 0 saturated carbocycles. The van der Waals surface area contributed by atoms with Crippen LogP contribution in [0.4, 0.5) is 0 Å². The third-order valence-corrected chi connectivity index (χ3v) is 4.55. The molecule has 0 aliphatic carbocycles. The predicted molar refractivity (Wildman–Crippen MR) is 96.2 cm³/mol. The minimum Gasteiger partial charge on any atom is -0.366 e. The lowest BCUT2D eigenvalue weighted by molar-refractivity contribution is 0.1000. The van der Waals surface area contributed by atoms with Gasteiger partial charge in [0.1, 0.15) is 0 Å². The Labute approximate surface area is 145 Å². The first-order valence-corrected chi connectivity index (χ1v) is 8.02. The van der Waals surface area contributed by atoms with Gasteiger partial charge in [0.2, 0.25) is 0 Å². The molecule has 122 valence electrons. The zero-order valence-electron chi connectivity index (χ0n) is 13.6. The van der Waals surface area contributed by atoms with Gasteiger partial charge in [-0.3, -0.25) is 9.78 Å². The molecule has 2 heterocycles. The third-order valence-electron chi connectivity index (χ3n) is 4.22. The summed E-state index contributed by atoms with van der Waals surface area (Å²) in [6.07, 6.45) is 1.76. The number of hydrogen-bond donors (Lipinski definition) is 1. The summed E-state index contributed by atoms with van der Waals surface area (Å²) in [5, 5.41) is 0.595. The number of amides is 1. The highest BCUT2D eigenvalue weighted by molar-refractivity contribution is 6.33. The number of rotatable bonds is 4. The van der Waals surface area contributed by atoms with Crippen LogP contribution in [0.25, 0.3) is 11.1 Å². The molecule has 1 amide bonds. The summed E-state index contributed by atoms with van der Waals surface area (Å²) in [6.45, 7) is 4.45. The van der Waals surface area contributed by atoms with Gasteiger partial charge in [-0.1, -0.05) is 35.9 Å². The number of benzene rings is 1. The molecule has 0 aliphatic heterocycles. The van der Waals surface area contributed by atoms with Crippen LogP contribution in [0.15, 0.2) is 48.7 Å². The van der Waals surface area contributed by atoms with Gasteiger partial charge in [0, 0.05) is 33.7 Å². The molecule has 4 nitrogen and oxygen atoms in total. The Kier molecular flexibility index (Phi) is 4.40. The summed E-state index contributed by atoms with van der Waals surface area (Å²) < 4.78 is 2.06. The number of halogens is 1. The average Bonchev–Trinajstić information content (AvgIpc) is 2.81. The number of aromatic nitrogens is 2. The van der Waals surface area contributed by atoms with Crippen LogP contribution in [0.3, 0.4) is 0 Å². The highest BCUT2D eigenvalue weighted by Gasteiger charge is 2.23. The Morgan fingerprint density at radius 1 is 1.12 bits per heavy atom. The van der Waals surface area contributed by atoms with E-state index in [9.17, 15) is 4.79 Å². The first-order valence-electron chi connectivity index (χ1n) is 7.65. The molecule has 0 fully saturated rings. The Bertz CT molecular complexity index is 900. The van der Waals surface area contributed by atoms with Crippen LogP contribution in [0.2, 0.25) is 5.02 Å². The number of primary amides is 1. The molecule has 2 aromatic heterocycles. The number of carbonyl (C=O) groups is 1. The van der Waals surface area contributed by atoms with E-state index in [4.69, 9.17) is 17.3 Å². The predicted octanol–water partition coefficient (Wildman–Crippen LogP) is 3.97. The molecule has 2 N–H and O–H groups in total. The number of carbonyl (C=O) groups excluding carboxylic acids is 1. The molecule has 0 spiro atoms. The summed E-state index contributed by atoms with van der Waals surface area (Å²) in [5.41, 5.74) is 10.5. The number of pyridine rings is 1. The molecule has 0 radical (unpaired) electrons. The third kappa shape index (κ3) is 2.81. The highest BCUT2D eigenvalue weighted by atomic mass is 35.5. The fraction of sp³-hybridized carbons (Fsp3) is 0.158. The van der Waals surface area contributed by atoms with Gasteiger partial charge >= 0.3 is 0 Å². The maximum atomic E-state index is 12.1. The first-order chi connectivity index (χ1) is 11.5. The Balaban J connectivity index is 2.21. The fourth-order valence-corrected chi connectivity index (χ4v) is 3.30. The van der Waals surface area contributed by atoms with E-state index in [1.807, 2.05) is 56.3 Å². The fourth-order valence-electron chi connectivity index (χ4n) is 3.07. The molecule has 3 aromatic rings. The lowest BCUT2D eigenvalue weighted by Gasteiger charge is -2.09. The highest BCUT2D eigenvalue weighted by Crippen LogP contribution is 2.36. The van der Waals surface area contributed by atoms with E-state index in [1.165, 1.54) is 0 Å². The van der Waals surface area contributed by atoms with Gasteiger partial charge in [-0.2, -0.15) is 0 Å². The summed E-state index contributed by atoms with van der Waals surface area (Å²) in [5.74, 6) is -0.453. The topological polar surface area (TPSA) is 60.9 Å². The lowest BCUT2D eigenvalue weighted by Crippen LogP contribution is -2.14. The van der Waals surface area contributed by atoms with Crippen molar-refractivity contribution in [3.8, 4) is 11.1 Å². The van der Waals surface area contributed by atoms with Gasteiger partial charge in [-0.25, -0.2) is 0 Å². The molecule has 0 unspecified atom stereocenters. The van der Waals surface area contributed by atoms with Crippen LogP contribution in [-0.4, -0.2) is 15.5 Å². The van der Waals surface area contributed by atoms with E-state index in [0.29, 0.717) is 17.1 Å². The van der Waals surface area contributed by atoms with Gasteiger partial charge in [0.15, 0.2) is 0 Å². The number of nitrogens with zero attached hydrogens (tertiary/aromatic N) is 2. The molecule has 1 aromatic carbocycles. The molecular formula is C19H18ClN3O. The van der Waals surface area contributed by atoms with Crippen molar-refractivity contribution < 1.29 is 4.79 Å². The first kappa shape index (κ1) is 16.3. The normalized spacial score (nSPS) is 10.8. The van der Waals surface area contributed by atoms with Crippen molar-refractivity contribution >= 4 is 17.5 Å². The van der Waals surface area contributed by atoms with Gasteiger partial charge in [-0.15, -0.1) is 0 Å². The molecule has 24 heavy (non-hydrogen) atoms. The van der Waals surface area contributed by atoms with Crippen molar-refractivity contribution in [2.45, 2.75) is 20.4 Å². The van der Waals surface area contributed by atoms with E-state index in [2.05, 4.69) is 9.55 Å². The summed E-state index contributed by atoms with van der Waals surface area (Å²) in [4.78, 5) is 16.5. The van der Waals surface area contributed by atoms with Crippen LogP contribution < -0.4 is 5.73 Å². The molecule has 3 rings (SSSR count). The van der Waals surface area contributed by atoms with E-state index < -0.39 is 5.91 Å². The second kappa shape index (κ2) is 6.49. The summed E-state index contributed by atoms with van der Waals surface area (Å²) in [6, 6.07) is 13.3. The zero-order chi connectivity index (χ0) is 17.3. The standard InChI is InChI=1S/C19H18ClN3O/c1-12-17(15-8-3-4-9-16(15)20)18(19(21)24)13(2)23(12)11-14-7-5-6-10-22-14/h3-10H,11H2,1-2H3,(H2,21,24). The Morgan fingerprint density at radius 2 is 1.83 bits per heavy atom. The van der Waals surface area contributed by atoms with Crippen LogP contribution >= 0.6 is 11.6 Å². The minimum absolute atomic E-state index is 0.453. The molecule has 0 atom stereocenters. The van der Waals surface area contributed by atoms with Gasteiger partial charge in [0.05, 0.1) is 17.8 Å². The summed E-state index contributed by atoms with van der Waals surface area (Å²) in [7, 11) is 0. The summed E-state index contributed by atoms with van der Waals surface area (Å²) >= 11 is 6.36. The van der Waals surface area contributed by atoms with Crippen LogP contribution in [0.1, 0.15) is 27.4 Å². The van der Waals surface area contributed by atoms with Crippen molar-refractivity contribution in [2.24, 2.45) is 5.73 Å².